The molecule has 0 spiro atoms. The normalized spacial score (nSPS) is 12.0. The number of aromatic nitrogens is 2. The largest absolute Gasteiger partial charge is 0.317 e. The van der Waals surface area contributed by atoms with Crippen molar-refractivity contribution in [2.75, 3.05) is 13.1 Å². The first-order valence-corrected chi connectivity index (χ1v) is 6.33. The Hall–Kier alpha value is -0.830. The first kappa shape index (κ1) is 13.2. The summed E-state index contributed by atoms with van der Waals surface area (Å²) in [6.07, 6.45) is 6.49. The number of aryl methyl sites for hydroxylation is 1. The van der Waals surface area contributed by atoms with Gasteiger partial charge in [0.1, 0.15) is 0 Å². The Balaban J connectivity index is 2.58. The van der Waals surface area contributed by atoms with E-state index in [9.17, 15) is 0 Å². The molecule has 0 saturated carbocycles. The molecular weight excluding hydrogens is 198 g/mol. The van der Waals surface area contributed by atoms with E-state index in [1.807, 2.05) is 10.9 Å². The average Bonchev–Trinajstić information content (AvgIpc) is 2.68. The zero-order chi connectivity index (χ0) is 12.0. The van der Waals surface area contributed by atoms with Crippen molar-refractivity contribution in [3.05, 3.63) is 18.0 Å². The smallest absolute Gasteiger partial charge is 0.0527 e. The van der Waals surface area contributed by atoms with E-state index in [4.69, 9.17) is 0 Å². The molecule has 3 heteroatoms. The minimum Gasteiger partial charge on any atom is -0.317 e. The van der Waals surface area contributed by atoms with Crippen molar-refractivity contribution in [1.29, 1.82) is 0 Å². The molecule has 1 aromatic rings. The van der Waals surface area contributed by atoms with Gasteiger partial charge in [0, 0.05) is 12.7 Å². The number of nitrogens with zero attached hydrogens (tertiary/aromatic N) is 2. The third-order valence-corrected chi connectivity index (χ3v) is 3.04. The second-order valence-corrected chi connectivity index (χ2v) is 4.98. The van der Waals surface area contributed by atoms with Gasteiger partial charge in [-0.1, -0.05) is 27.7 Å². The molecule has 0 saturated heterocycles. The maximum Gasteiger partial charge on any atom is 0.0527 e. The fraction of sp³-hybridized carbons (Fsp3) is 0.769. The summed E-state index contributed by atoms with van der Waals surface area (Å²) in [7, 11) is 0. The predicted molar refractivity (Wildman–Crippen MR) is 68.7 cm³/mol. The van der Waals surface area contributed by atoms with Gasteiger partial charge >= 0.3 is 0 Å². The summed E-state index contributed by atoms with van der Waals surface area (Å²) in [5, 5.41) is 7.78. The molecule has 3 nitrogen and oxygen atoms in total. The van der Waals surface area contributed by atoms with Crippen molar-refractivity contribution in [3.63, 3.8) is 0 Å². The lowest BCUT2D eigenvalue weighted by Gasteiger charge is -2.23. The fourth-order valence-corrected chi connectivity index (χ4v) is 1.79. The molecule has 0 bridgehead atoms. The zero-order valence-corrected chi connectivity index (χ0v) is 11.1. The van der Waals surface area contributed by atoms with Crippen LogP contribution in [0.2, 0.25) is 0 Å². The number of hydrogen-bond donors (Lipinski definition) is 1. The summed E-state index contributed by atoms with van der Waals surface area (Å²) in [4.78, 5) is 0. The first-order chi connectivity index (χ1) is 7.60. The first-order valence-electron chi connectivity index (χ1n) is 6.33. The monoisotopic (exact) mass is 223 g/mol. The van der Waals surface area contributed by atoms with Crippen molar-refractivity contribution in [3.8, 4) is 0 Å². The summed E-state index contributed by atoms with van der Waals surface area (Å²) >= 11 is 0. The van der Waals surface area contributed by atoms with Crippen LogP contribution in [0.15, 0.2) is 12.4 Å². The molecule has 0 amide bonds. The lowest BCUT2D eigenvalue weighted by atomic mass is 9.83. The number of hydrogen-bond acceptors (Lipinski definition) is 2. The Morgan fingerprint density at radius 1 is 1.38 bits per heavy atom. The van der Waals surface area contributed by atoms with Crippen molar-refractivity contribution >= 4 is 0 Å². The van der Waals surface area contributed by atoms with Crippen LogP contribution in [0.5, 0.6) is 0 Å². The van der Waals surface area contributed by atoms with Crippen LogP contribution in [0.25, 0.3) is 0 Å². The van der Waals surface area contributed by atoms with Crippen molar-refractivity contribution in [2.45, 2.75) is 52.5 Å². The summed E-state index contributed by atoms with van der Waals surface area (Å²) in [5.74, 6) is 0. The molecule has 1 aromatic heterocycles. The van der Waals surface area contributed by atoms with Crippen LogP contribution in [0.4, 0.5) is 0 Å². The third-order valence-electron chi connectivity index (χ3n) is 3.04. The maximum atomic E-state index is 4.40. The minimum atomic E-state index is 0.216. The molecule has 0 fully saturated rings. The second-order valence-electron chi connectivity index (χ2n) is 4.98. The quantitative estimate of drug-likeness (QED) is 0.720. The molecule has 0 aliphatic rings. The van der Waals surface area contributed by atoms with E-state index in [1.165, 1.54) is 5.56 Å². The number of rotatable bonds is 7. The molecule has 92 valence electrons. The molecular formula is C13H25N3. The van der Waals surface area contributed by atoms with Gasteiger partial charge in [0.25, 0.3) is 0 Å². The molecule has 16 heavy (non-hydrogen) atoms. The van der Waals surface area contributed by atoms with Crippen LogP contribution >= 0.6 is 0 Å². The zero-order valence-electron chi connectivity index (χ0n) is 11.1. The van der Waals surface area contributed by atoms with Gasteiger partial charge in [-0.25, -0.2) is 0 Å². The highest BCUT2D eigenvalue weighted by molar-refractivity contribution is 5.16. The Kier molecular flexibility index (Phi) is 5.00. The topological polar surface area (TPSA) is 29.9 Å². The van der Waals surface area contributed by atoms with E-state index in [-0.39, 0.29) is 5.41 Å². The molecule has 0 radical (unpaired) electrons. The SMILES string of the molecule is CCCn1cc(C(C)(C)CCNCC)cn1. The van der Waals surface area contributed by atoms with Gasteiger partial charge in [-0.2, -0.15) is 5.10 Å². The molecule has 0 unspecified atom stereocenters. The van der Waals surface area contributed by atoms with E-state index < -0.39 is 0 Å². The standard InChI is InChI=1S/C13H25N3/c1-5-9-16-11-12(10-15-16)13(3,4)7-8-14-6-2/h10-11,14H,5-9H2,1-4H3. The highest BCUT2D eigenvalue weighted by Gasteiger charge is 2.21. The van der Waals surface area contributed by atoms with Crippen LogP contribution in [-0.4, -0.2) is 22.9 Å². The Morgan fingerprint density at radius 3 is 2.75 bits per heavy atom. The van der Waals surface area contributed by atoms with Crippen LogP contribution in [0.3, 0.4) is 0 Å². The van der Waals surface area contributed by atoms with Crippen molar-refractivity contribution in [2.24, 2.45) is 0 Å². The fourth-order valence-electron chi connectivity index (χ4n) is 1.79. The summed E-state index contributed by atoms with van der Waals surface area (Å²) in [6, 6.07) is 0. The van der Waals surface area contributed by atoms with E-state index in [0.29, 0.717) is 0 Å². The molecule has 0 aliphatic carbocycles. The van der Waals surface area contributed by atoms with Crippen LogP contribution in [0, 0.1) is 0 Å². The van der Waals surface area contributed by atoms with Gasteiger partial charge in [0.05, 0.1) is 6.20 Å². The van der Waals surface area contributed by atoms with Crippen LogP contribution in [-0.2, 0) is 12.0 Å². The van der Waals surface area contributed by atoms with Gasteiger partial charge in [-0.05, 0) is 36.9 Å². The van der Waals surface area contributed by atoms with Crippen molar-refractivity contribution in [1.82, 2.24) is 15.1 Å². The molecule has 1 rings (SSSR count). The highest BCUT2D eigenvalue weighted by atomic mass is 15.3. The van der Waals surface area contributed by atoms with Crippen molar-refractivity contribution < 1.29 is 0 Å². The summed E-state index contributed by atoms with van der Waals surface area (Å²) in [6.45, 7) is 12.0. The minimum absolute atomic E-state index is 0.216. The maximum absolute atomic E-state index is 4.40. The lowest BCUT2D eigenvalue weighted by molar-refractivity contribution is 0.460. The van der Waals surface area contributed by atoms with Gasteiger partial charge in [0.15, 0.2) is 0 Å². The van der Waals surface area contributed by atoms with Gasteiger partial charge < -0.3 is 5.32 Å². The molecule has 0 aromatic carbocycles. The molecule has 1 N–H and O–H groups in total. The summed E-state index contributed by atoms with van der Waals surface area (Å²) < 4.78 is 2.05. The van der Waals surface area contributed by atoms with Gasteiger partial charge in [0.2, 0.25) is 0 Å². The van der Waals surface area contributed by atoms with E-state index in [0.717, 1.165) is 32.5 Å². The van der Waals surface area contributed by atoms with E-state index >= 15 is 0 Å². The Bertz CT molecular complexity index is 302. The molecule has 0 atom stereocenters. The third kappa shape index (κ3) is 3.63. The van der Waals surface area contributed by atoms with Gasteiger partial charge in [-0.3, -0.25) is 4.68 Å². The Morgan fingerprint density at radius 2 is 2.12 bits per heavy atom. The van der Waals surface area contributed by atoms with E-state index in [2.05, 4.69) is 44.3 Å². The average molecular weight is 223 g/mol. The molecule has 1 heterocycles. The van der Waals surface area contributed by atoms with Gasteiger partial charge in [-0.15, -0.1) is 0 Å². The van der Waals surface area contributed by atoms with Crippen LogP contribution < -0.4 is 5.32 Å². The highest BCUT2D eigenvalue weighted by Crippen LogP contribution is 2.25. The number of nitrogens with one attached hydrogen (secondary N) is 1. The lowest BCUT2D eigenvalue weighted by Crippen LogP contribution is -2.25. The molecule has 0 aliphatic heterocycles. The van der Waals surface area contributed by atoms with E-state index in [1.54, 1.807) is 0 Å². The second kappa shape index (κ2) is 6.04. The predicted octanol–water partition coefficient (Wildman–Crippen LogP) is 2.57. The van der Waals surface area contributed by atoms with Crippen LogP contribution in [0.1, 0.15) is 46.1 Å². The summed E-state index contributed by atoms with van der Waals surface area (Å²) in [5.41, 5.74) is 1.56. The Labute approximate surface area is 99.2 Å².